The summed E-state index contributed by atoms with van der Waals surface area (Å²) in [5, 5.41) is 13.8. The summed E-state index contributed by atoms with van der Waals surface area (Å²) in [4.78, 5) is 10.6. The molecule has 0 N–H and O–H groups in total. The number of thiophene rings is 1. The lowest BCUT2D eigenvalue weighted by Gasteiger charge is -2.01. The fourth-order valence-electron chi connectivity index (χ4n) is 1.68. The van der Waals surface area contributed by atoms with Crippen LogP contribution in [0.2, 0.25) is 0 Å². The molecular weight excluding hydrogens is 210 g/mol. The third-order valence-corrected chi connectivity index (χ3v) is 3.25. The highest BCUT2D eigenvalue weighted by Gasteiger charge is 2.14. The van der Waals surface area contributed by atoms with Crippen molar-refractivity contribution in [2.45, 2.75) is 19.8 Å². The summed E-state index contributed by atoms with van der Waals surface area (Å²) < 4.78 is 1.13. The quantitative estimate of drug-likeness (QED) is 0.585. The molecule has 1 aromatic carbocycles. The first-order valence-corrected chi connectivity index (χ1v) is 5.75. The Hall–Kier alpha value is -1.42. The predicted molar refractivity (Wildman–Crippen MR) is 62.5 cm³/mol. The molecular formula is C11H11NO2S. The third kappa shape index (κ3) is 1.85. The molecule has 0 saturated heterocycles. The van der Waals surface area contributed by atoms with Crippen molar-refractivity contribution in [2.24, 2.45) is 0 Å². The molecule has 0 aliphatic rings. The Kier molecular flexibility index (Phi) is 2.68. The average molecular weight is 221 g/mol. The van der Waals surface area contributed by atoms with E-state index in [1.54, 1.807) is 17.4 Å². The number of rotatable bonds is 3. The van der Waals surface area contributed by atoms with Crippen LogP contribution in [0.1, 0.15) is 18.9 Å². The molecule has 4 heteroatoms. The van der Waals surface area contributed by atoms with Gasteiger partial charge in [0.25, 0.3) is 5.69 Å². The standard InChI is InChI=1S/C11H11NO2S/c1-2-3-8-7-11-9(4-5-15-11)6-10(8)12(13)14/h4-7H,2-3H2,1H3. The van der Waals surface area contributed by atoms with E-state index in [9.17, 15) is 10.1 Å². The van der Waals surface area contributed by atoms with E-state index in [0.717, 1.165) is 28.5 Å². The molecule has 1 aromatic heterocycles. The second-order valence-electron chi connectivity index (χ2n) is 3.45. The molecule has 0 amide bonds. The number of aryl methyl sites for hydroxylation is 1. The Morgan fingerprint density at radius 3 is 2.93 bits per heavy atom. The number of nitro benzene ring substituents is 1. The molecule has 0 saturated carbocycles. The van der Waals surface area contributed by atoms with Gasteiger partial charge in [0.1, 0.15) is 0 Å². The summed E-state index contributed by atoms with van der Waals surface area (Å²) in [7, 11) is 0. The second-order valence-corrected chi connectivity index (χ2v) is 4.39. The lowest BCUT2D eigenvalue weighted by atomic mass is 10.1. The van der Waals surface area contributed by atoms with Gasteiger partial charge in [-0.15, -0.1) is 11.3 Å². The minimum Gasteiger partial charge on any atom is -0.258 e. The van der Waals surface area contributed by atoms with Gasteiger partial charge in [0.15, 0.2) is 0 Å². The molecule has 0 bridgehead atoms. The summed E-state index contributed by atoms with van der Waals surface area (Å²) in [5.41, 5.74) is 1.10. The van der Waals surface area contributed by atoms with E-state index in [1.807, 2.05) is 24.4 Å². The first-order chi connectivity index (χ1) is 7.22. The Balaban J connectivity index is 2.62. The molecule has 2 aromatic rings. The molecule has 0 aliphatic carbocycles. The lowest BCUT2D eigenvalue weighted by Crippen LogP contribution is -1.94. The van der Waals surface area contributed by atoms with Crippen LogP contribution in [0, 0.1) is 10.1 Å². The van der Waals surface area contributed by atoms with Gasteiger partial charge in [0.2, 0.25) is 0 Å². The Morgan fingerprint density at radius 1 is 1.47 bits per heavy atom. The van der Waals surface area contributed by atoms with E-state index in [4.69, 9.17) is 0 Å². The molecule has 0 radical (unpaired) electrons. The molecule has 2 rings (SSSR count). The first-order valence-electron chi connectivity index (χ1n) is 4.87. The van der Waals surface area contributed by atoms with Gasteiger partial charge in [-0.2, -0.15) is 0 Å². The Bertz CT molecular complexity index is 504. The maximum atomic E-state index is 10.9. The number of hydrogen-bond donors (Lipinski definition) is 0. The van der Waals surface area contributed by atoms with Crippen LogP contribution in [-0.2, 0) is 6.42 Å². The Morgan fingerprint density at radius 2 is 2.27 bits per heavy atom. The van der Waals surface area contributed by atoms with Crippen LogP contribution in [0.15, 0.2) is 23.6 Å². The van der Waals surface area contributed by atoms with Gasteiger partial charge >= 0.3 is 0 Å². The van der Waals surface area contributed by atoms with Gasteiger partial charge in [-0.1, -0.05) is 13.3 Å². The third-order valence-electron chi connectivity index (χ3n) is 2.37. The summed E-state index contributed by atoms with van der Waals surface area (Å²) in [6.45, 7) is 2.03. The van der Waals surface area contributed by atoms with Crippen molar-refractivity contribution in [2.75, 3.05) is 0 Å². The van der Waals surface area contributed by atoms with Crippen molar-refractivity contribution in [3.63, 3.8) is 0 Å². The zero-order valence-electron chi connectivity index (χ0n) is 8.40. The summed E-state index contributed by atoms with van der Waals surface area (Å²) in [5.74, 6) is 0. The zero-order chi connectivity index (χ0) is 10.8. The van der Waals surface area contributed by atoms with Crippen molar-refractivity contribution in [1.82, 2.24) is 0 Å². The molecule has 3 nitrogen and oxygen atoms in total. The summed E-state index contributed by atoms with van der Waals surface area (Å²) >= 11 is 1.63. The highest BCUT2D eigenvalue weighted by molar-refractivity contribution is 7.17. The van der Waals surface area contributed by atoms with Crippen LogP contribution in [0.3, 0.4) is 0 Å². The van der Waals surface area contributed by atoms with Crippen LogP contribution >= 0.6 is 11.3 Å². The van der Waals surface area contributed by atoms with Crippen molar-refractivity contribution in [3.8, 4) is 0 Å². The van der Waals surface area contributed by atoms with Crippen molar-refractivity contribution in [3.05, 3.63) is 39.3 Å². The fourth-order valence-corrected chi connectivity index (χ4v) is 2.51. The normalized spacial score (nSPS) is 10.7. The topological polar surface area (TPSA) is 43.1 Å². The molecule has 15 heavy (non-hydrogen) atoms. The molecule has 0 unspecified atom stereocenters. The molecule has 0 atom stereocenters. The minimum absolute atomic E-state index is 0.253. The number of benzene rings is 1. The first kappa shape index (κ1) is 10.1. The van der Waals surface area contributed by atoms with E-state index in [1.165, 1.54) is 0 Å². The molecule has 0 fully saturated rings. The smallest absolute Gasteiger partial charge is 0.258 e. The van der Waals surface area contributed by atoms with E-state index >= 15 is 0 Å². The van der Waals surface area contributed by atoms with Crippen molar-refractivity contribution < 1.29 is 4.92 Å². The molecule has 0 spiro atoms. The summed E-state index contributed by atoms with van der Waals surface area (Å²) in [6, 6.07) is 5.54. The number of hydrogen-bond acceptors (Lipinski definition) is 3. The van der Waals surface area contributed by atoms with Gasteiger partial charge in [-0.25, -0.2) is 0 Å². The zero-order valence-corrected chi connectivity index (χ0v) is 9.21. The SMILES string of the molecule is CCCc1cc2sccc2cc1[N+](=O)[O-]. The van der Waals surface area contributed by atoms with Gasteiger partial charge in [0.05, 0.1) is 4.92 Å². The van der Waals surface area contributed by atoms with Crippen molar-refractivity contribution in [1.29, 1.82) is 0 Å². The number of nitrogens with zero attached hydrogens (tertiary/aromatic N) is 1. The average Bonchev–Trinajstić information content (AvgIpc) is 2.63. The largest absolute Gasteiger partial charge is 0.273 e. The van der Waals surface area contributed by atoms with Gasteiger partial charge < -0.3 is 0 Å². The minimum atomic E-state index is -0.290. The van der Waals surface area contributed by atoms with E-state index in [-0.39, 0.29) is 10.6 Å². The molecule has 78 valence electrons. The maximum Gasteiger partial charge on any atom is 0.273 e. The lowest BCUT2D eigenvalue weighted by molar-refractivity contribution is -0.385. The summed E-state index contributed by atoms with van der Waals surface area (Å²) in [6.07, 6.45) is 1.70. The van der Waals surface area contributed by atoms with Crippen LogP contribution in [0.25, 0.3) is 10.1 Å². The van der Waals surface area contributed by atoms with E-state index in [2.05, 4.69) is 0 Å². The highest BCUT2D eigenvalue weighted by atomic mass is 32.1. The van der Waals surface area contributed by atoms with Crippen molar-refractivity contribution >= 4 is 27.1 Å². The van der Waals surface area contributed by atoms with Crippen LogP contribution in [-0.4, -0.2) is 4.92 Å². The number of nitro groups is 1. The van der Waals surface area contributed by atoms with Crippen LogP contribution < -0.4 is 0 Å². The highest BCUT2D eigenvalue weighted by Crippen LogP contribution is 2.29. The van der Waals surface area contributed by atoms with Gasteiger partial charge in [-0.05, 0) is 29.3 Å². The van der Waals surface area contributed by atoms with Crippen LogP contribution in [0.5, 0.6) is 0 Å². The van der Waals surface area contributed by atoms with Crippen LogP contribution in [0.4, 0.5) is 5.69 Å². The monoisotopic (exact) mass is 221 g/mol. The fraction of sp³-hybridized carbons (Fsp3) is 0.273. The predicted octanol–water partition coefficient (Wildman–Crippen LogP) is 3.76. The Labute approximate surface area is 91.5 Å². The van der Waals surface area contributed by atoms with E-state index in [0.29, 0.717) is 0 Å². The molecule has 0 aliphatic heterocycles. The van der Waals surface area contributed by atoms with E-state index < -0.39 is 0 Å². The van der Waals surface area contributed by atoms with Gasteiger partial charge in [0, 0.05) is 16.3 Å². The molecule has 1 heterocycles. The second kappa shape index (κ2) is 3.98. The maximum absolute atomic E-state index is 10.9. The number of fused-ring (bicyclic) bond motifs is 1. The van der Waals surface area contributed by atoms with Gasteiger partial charge in [-0.3, -0.25) is 10.1 Å².